The van der Waals surface area contributed by atoms with Crippen LogP contribution in [0.25, 0.3) is 0 Å². The number of nitrogens with zero attached hydrogens (tertiary/aromatic N) is 1. The van der Waals surface area contributed by atoms with E-state index in [0.717, 1.165) is 0 Å². The molecule has 1 rings (SSSR count). The molecule has 15 heavy (non-hydrogen) atoms. The number of alkyl halides is 2. The highest BCUT2D eigenvalue weighted by Crippen LogP contribution is 2.21. The minimum atomic E-state index is -3.09. The Labute approximate surface area is 87.1 Å². The Morgan fingerprint density at radius 1 is 1.47 bits per heavy atom. The van der Waals surface area contributed by atoms with Crippen molar-refractivity contribution in [2.75, 3.05) is 0 Å². The zero-order chi connectivity index (χ0) is 11.3. The van der Waals surface area contributed by atoms with E-state index in [9.17, 15) is 8.78 Å². The molecule has 1 aromatic rings. The van der Waals surface area contributed by atoms with Crippen LogP contribution in [0.3, 0.4) is 0 Å². The monoisotopic (exact) mass is 211 g/mol. The number of hydrogen-bond donors (Lipinski definition) is 0. The van der Waals surface area contributed by atoms with E-state index >= 15 is 0 Å². The lowest BCUT2D eigenvalue weighted by Crippen LogP contribution is -2.18. The molecule has 0 saturated heterocycles. The molecule has 1 aromatic carbocycles. The molecule has 0 saturated carbocycles. The van der Waals surface area contributed by atoms with Gasteiger partial charge in [0.25, 0.3) is 0 Å². The van der Waals surface area contributed by atoms with Gasteiger partial charge in [0.2, 0.25) is 0 Å². The first-order chi connectivity index (χ1) is 7.07. The van der Waals surface area contributed by atoms with Gasteiger partial charge in [-0.2, -0.15) is 14.0 Å². The van der Waals surface area contributed by atoms with Crippen molar-refractivity contribution < 1.29 is 13.5 Å². The summed E-state index contributed by atoms with van der Waals surface area (Å²) < 4.78 is 29.9. The molecular weight excluding hydrogens is 200 g/mol. The minimum Gasteiger partial charge on any atom is -0.316 e. The first-order valence-corrected chi connectivity index (χ1v) is 4.58. The molecule has 0 fully saturated rings. The molecule has 0 spiro atoms. The fraction of sp³-hybridized carbons (Fsp3) is 0.364. The molecule has 0 aliphatic heterocycles. The third-order valence-corrected chi connectivity index (χ3v) is 1.92. The van der Waals surface area contributed by atoms with Crippen LogP contribution in [0.4, 0.5) is 8.78 Å². The summed E-state index contributed by atoms with van der Waals surface area (Å²) in [5.74, 6) is 0. The van der Waals surface area contributed by atoms with E-state index in [1.807, 2.05) is 6.07 Å². The van der Waals surface area contributed by atoms with Crippen LogP contribution in [0.15, 0.2) is 24.3 Å². The predicted octanol–water partition coefficient (Wildman–Crippen LogP) is 3.08. The number of ether oxygens (including phenoxy) is 1. The normalized spacial score (nSPS) is 11.1. The highest BCUT2D eigenvalue weighted by molar-refractivity contribution is 5.32. The van der Waals surface area contributed by atoms with Crippen LogP contribution in [0.5, 0.6) is 0 Å². The van der Waals surface area contributed by atoms with Gasteiger partial charge < -0.3 is 4.74 Å². The topological polar surface area (TPSA) is 33.0 Å². The molecule has 0 atom stereocenters. The van der Waals surface area contributed by atoms with Crippen LogP contribution in [0.1, 0.15) is 24.5 Å². The summed E-state index contributed by atoms with van der Waals surface area (Å²) in [6.07, 6.45) is -3.45. The molecule has 0 aliphatic carbocycles. The maximum absolute atomic E-state index is 12.7. The summed E-state index contributed by atoms with van der Waals surface area (Å²) in [4.78, 5) is 0. The average molecular weight is 211 g/mol. The number of hydrogen-bond acceptors (Lipinski definition) is 2. The Morgan fingerprint density at radius 2 is 2.20 bits per heavy atom. The van der Waals surface area contributed by atoms with Gasteiger partial charge >= 0.3 is 6.11 Å². The number of halogens is 2. The third kappa shape index (κ3) is 3.64. The van der Waals surface area contributed by atoms with Crippen molar-refractivity contribution in [3.63, 3.8) is 0 Å². The molecule has 0 radical (unpaired) electrons. The molecule has 0 aromatic heterocycles. The van der Waals surface area contributed by atoms with E-state index < -0.39 is 6.11 Å². The fourth-order valence-electron chi connectivity index (χ4n) is 1.02. The molecule has 4 heteroatoms. The Balaban J connectivity index is 2.62. The van der Waals surface area contributed by atoms with Crippen LogP contribution in [0.2, 0.25) is 0 Å². The van der Waals surface area contributed by atoms with Gasteiger partial charge in [-0.1, -0.05) is 19.1 Å². The van der Waals surface area contributed by atoms with Gasteiger partial charge in [-0.3, -0.25) is 0 Å². The van der Waals surface area contributed by atoms with E-state index in [0.29, 0.717) is 11.1 Å². The van der Waals surface area contributed by atoms with Gasteiger partial charge in [-0.05, 0) is 17.7 Å². The van der Waals surface area contributed by atoms with E-state index in [1.165, 1.54) is 13.0 Å². The standard InChI is InChI=1S/C11H11F2NO/c1-2-11(12,13)15-8-10-5-3-4-9(6-10)7-14/h3-6H,2,8H2,1H3. The van der Waals surface area contributed by atoms with Crippen molar-refractivity contribution in [1.29, 1.82) is 5.26 Å². The molecule has 0 bridgehead atoms. The van der Waals surface area contributed by atoms with Gasteiger partial charge in [-0.15, -0.1) is 0 Å². The first-order valence-electron chi connectivity index (χ1n) is 4.58. The summed E-state index contributed by atoms with van der Waals surface area (Å²) >= 11 is 0. The SMILES string of the molecule is CCC(F)(F)OCc1cccc(C#N)c1. The Morgan fingerprint density at radius 3 is 2.80 bits per heavy atom. The van der Waals surface area contributed by atoms with E-state index in [1.54, 1.807) is 18.2 Å². The summed E-state index contributed by atoms with van der Waals surface area (Å²) in [5, 5.41) is 8.60. The highest BCUT2D eigenvalue weighted by Gasteiger charge is 2.26. The van der Waals surface area contributed by atoms with Gasteiger partial charge in [0.15, 0.2) is 0 Å². The van der Waals surface area contributed by atoms with E-state index in [2.05, 4.69) is 4.74 Å². The predicted molar refractivity (Wildman–Crippen MR) is 51.2 cm³/mol. The summed E-state index contributed by atoms with van der Waals surface area (Å²) in [5.41, 5.74) is 1.01. The van der Waals surface area contributed by atoms with E-state index in [4.69, 9.17) is 5.26 Å². The summed E-state index contributed by atoms with van der Waals surface area (Å²) in [7, 11) is 0. The summed E-state index contributed by atoms with van der Waals surface area (Å²) in [6, 6.07) is 8.37. The van der Waals surface area contributed by atoms with Crippen LogP contribution >= 0.6 is 0 Å². The van der Waals surface area contributed by atoms with Gasteiger partial charge in [0, 0.05) is 6.42 Å². The lowest BCUT2D eigenvalue weighted by Gasteiger charge is -2.14. The van der Waals surface area contributed by atoms with Crippen molar-refractivity contribution in [3.8, 4) is 6.07 Å². The van der Waals surface area contributed by atoms with Crippen molar-refractivity contribution in [2.45, 2.75) is 26.1 Å². The van der Waals surface area contributed by atoms with Crippen molar-refractivity contribution in [3.05, 3.63) is 35.4 Å². The third-order valence-electron chi connectivity index (χ3n) is 1.92. The maximum Gasteiger partial charge on any atom is 0.355 e. The van der Waals surface area contributed by atoms with Crippen LogP contribution < -0.4 is 0 Å². The maximum atomic E-state index is 12.7. The second-order valence-electron chi connectivity index (χ2n) is 3.09. The van der Waals surface area contributed by atoms with Crippen molar-refractivity contribution >= 4 is 0 Å². The molecular formula is C11H11F2NO. The number of nitriles is 1. The van der Waals surface area contributed by atoms with Crippen LogP contribution in [-0.4, -0.2) is 6.11 Å². The number of benzene rings is 1. The molecule has 0 unspecified atom stereocenters. The molecule has 0 aliphatic rings. The molecule has 0 heterocycles. The lowest BCUT2D eigenvalue weighted by atomic mass is 10.1. The van der Waals surface area contributed by atoms with Gasteiger partial charge in [-0.25, -0.2) is 0 Å². The first kappa shape index (κ1) is 11.6. The minimum absolute atomic E-state index is 0.184. The highest BCUT2D eigenvalue weighted by atomic mass is 19.3. The molecule has 0 N–H and O–H groups in total. The smallest absolute Gasteiger partial charge is 0.316 e. The molecule has 2 nitrogen and oxygen atoms in total. The van der Waals surface area contributed by atoms with Crippen LogP contribution in [-0.2, 0) is 11.3 Å². The zero-order valence-corrected chi connectivity index (χ0v) is 8.34. The second-order valence-corrected chi connectivity index (χ2v) is 3.09. The second kappa shape index (κ2) is 4.85. The molecule has 80 valence electrons. The average Bonchev–Trinajstić information content (AvgIpc) is 2.27. The fourth-order valence-corrected chi connectivity index (χ4v) is 1.02. The lowest BCUT2D eigenvalue weighted by molar-refractivity contribution is -0.246. The Hall–Kier alpha value is -1.47. The Kier molecular flexibility index (Phi) is 3.75. The van der Waals surface area contributed by atoms with Gasteiger partial charge in [0.1, 0.15) is 0 Å². The van der Waals surface area contributed by atoms with Gasteiger partial charge in [0.05, 0.1) is 18.2 Å². The zero-order valence-electron chi connectivity index (χ0n) is 8.34. The number of rotatable bonds is 4. The van der Waals surface area contributed by atoms with Crippen LogP contribution in [0, 0.1) is 11.3 Å². The Bertz CT molecular complexity index is 371. The van der Waals surface area contributed by atoms with Crippen molar-refractivity contribution in [1.82, 2.24) is 0 Å². The summed E-state index contributed by atoms with van der Waals surface area (Å²) in [6.45, 7) is 1.17. The van der Waals surface area contributed by atoms with Crippen molar-refractivity contribution in [2.24, 2.45) is 0 Å². The molecule has 0 amide bonds. The van der Waals surface area contributed by atoms with E-state index in [-0.39, 0.29) is 13.0 Å². The largest absolute Gasteiger partial charge is 0.355 e. The quantitative estimate of drug-likeness (QED) is 0.766.